The maximum Gasteiger partial charge on any atom is 0.120 e. The number of nitrogens with one attached hydrogen (secondary N) is 1. The van der Waals surface area contributed by atoms with Crippen molar-refractivity contribution in [1.82, 2.24) is 0 Å². The number of anilines is 1. The minimum Gasteiger partial charge on any atom is -0.508 e. The Morgan fingerprint density at radius 2 is 1.89 bits per heavy atom. The van der Waals surface area contributed by atoms with Crippen LogP contribution in [0.25, 0.3) is 0 Å². The number of phenolic OH excluding ortho intramolecular Hbond substituents is 1. The molecule has 0 saturated heterocycles. The van der Waals surface area contributed by atoms with Gasteiger partial charge in [0.2, 0.25) is 0 Å². The van der Waals surface area contributed by atoms with Crippen LogP contribution in [0, 0.1) is 0 Å². The van der Waals surface area contributed by atoms with Crippen LogP contribution in [0.3, 0.4) is 0 Å². The van der Waals surface area contributed by atoms with Crippen molar-refractivity contribution < 1.29 is 5.11 Å². The molecule has 98 valence electrons. The number of hydrogen-bond acceptors (Lipinski definition) is 2. The molecule has 2 N–H and O–H groups in total. The number of halogens is 1. The molecule has 0 aromatic heterocycles. The summed E-state index contributed by atoms with van der Waals surface area (Å²) in [6.07, 6.45) is 3.63. The summed E-state index contributed by atoms with van der Waals surface area (Å²) in [6.45, 7) is 0.575. The molecule has 0 spiro atoms. The standard InChI is InChI=1S/C16H16ClNO/c17-14-5-7-16(19)13(8-14)10-18-15-6-4-11-2-1-3-12(11)9-15/h4-9,18-19H,1-3,10H2. The lowest BCUT2D eigenvalue weighted by molar-refractivity contribution is 0.469. The Morgan fingerprint density at radius 1 is 1.05 bits per heavy atom. The van der Waals surface area contributed by atoms with Crippen molar-refractivity contribution in [2.45, 2.75) is 25.8 Å². The molecule has 2 aromatic carbocycles. The topological polar surface area (TPSA) is 32.3 Å². The van der Waals surface area contributed by atoms with Crippen LogP contribution in [0.15, 0.2) is 36.4 Å². The van der Waals surface area contributed by atoms with Crippen LogP contribution in [-0.4, -0.2) is 5.11 Å². The molecule has 1 aliphatic rings. The maximum atomic E-state index is 9.77. The molecule has 2 nitrogen and oxygen atoms in total. The minimum atomic E-state index is 0.276. The van der Waals surface area contributed by atoms with Gasteiger partial charge in [-0.05, 0) is 60.7 Å². The average Bonchev–Trinajstić information content (AvgIpc) is 2.87. The highest BCUT2D eigenvalue weighted by atomic mass is 35.5. The quantitative estimate of drug-likeness (QED) is 0.881. The fraction of sp³-hybridized carbons (Fsp3) is 0.250. The Morgan fingerprint density at radius 3 is 2.79 bits per heavy atom. The van der Waals surface area contributed by atoms with E-state index in [1.807, 2.05) is 0 Å². The summed E-state index contributed by atoms with van der Waals surface area (Å²) in [4.78, 5) is 0. The van der Waals surface area contributed by atoms with Gasteiger partial charge in [-0.25, -0.2) is 0 Å². The third-order valence-corrected chi connectivity index (χ3v) is 3.86. The molecule has 0 amide bonds. The first kappa shape index (κ1) is 12.4. The first-order chi connectivity index (χ1) is 9.22. The molecule has 3 heteroatoms. The third-order valence-electron chi connectivity index (χ3n) is 3.62. The molecule has 0 heterocycles. The number of fused-ring (bicyclic) bond motifs is 1. The van der Waals surface area contributed by atoms with Crippen LogP contribution in [0.2, 0.25) is 5.02 Å². The molecule has 0 atom stereocenters. The monoisotopic (exact) mass is 273 g/mol. The summed E-state index contributed by atoms with van der Waals surface area (Å²) in [6, 6.07) is 11.6. The second-order valence-electron chi connectivity index (χ2n) is 4.96. The molecule has 19 heavy (non-hydrogen) atoms. The Balaban J connectivity index is 1.74. The zero-order chi connectivity index (χ0) is 13.2. The maximum absolute atomic E-state index is 9.77. The summed E-state index contributed by atoms with van der Waals surface area (Å²) >= 11 is 5.94. The van der Waals surface area contributed by atoms with E-state index in [1.165, 1.54) is 30.4 Å². The number of phenols is 1. The van der Waals surface area contributed by atoms with Gasteiger partial charge in [0.1, 0.15) is 5.75 Å². The lowest BCUT2D eigenvalue weighted by atomic mass is 10.1. The van der Waals surface area contributed by atoms with Crippen molar-refractivity contribution in [2.75, 3.05) is 5.32 Å². The van der Waals surface area contributed by atoms with E-state index in [4.69, 9.17) is 11.6 Å². The normalized spacial score (nSPS) is 13.3. The minimum absolute atomic E-state index is 0.276. The van der Waals surface area contributed by atoms with Crippen LogP contribution in [0.5, 0.6) is 5.75 Å². The van der Waals surface area contributed by atoms with E-state index in [9.17, 15) is 5.11 Å². The van der Waals surface area contributed by atoms with Crippen molar-refractivity contribution >= 4 is 17.3 Å². The Bertz CT molecular complexity index is 610. The fourth-order valence-corrected chi connectivity index (χ4v) is 2.77. The van der Waals surface area contributed by atoms with Crippen LogP contribution >= 0.6 is 11.6 Å². The van der Waals surface area contributed by atoms with Gasteiger partial charge in [0.05, 0.1) is 0 Å². The predicted molar refractivity (Wildman–Crippen MR) is 78.9 cm³/mol. The van der Waals surface area contributed by atoms with Crippen LogP contribution in [-0.2, 0) is 19.4 Å². The van der Waals surface area contributed by atoms with Gasteiger partial charge in [-0.15, -0.1) is 0 Å². The van der Waals surface area contributed by atoms with Crippen molar-refractivity contribution in [1.29, 1.82) is 0 Å². The van der Waals surface area contributed by atoms with E-state index < -0.39 is 0 Å². The molecule has 3 rings (SSSR count). The van der Waals surface area contributed by atoms with Gasteiger partial charge in [-0.1, -0.05) is 17.7 Å². The highest BCUT2D eigenvalue weighted by Gasteiger charge is 2.10. The second kappa shape index (κ2) is 5.14. The van der Waals surface area contributed by atoms with E-state index in [0.29, 0.717) is 11.6 Å². The zero-order valence-electron chi connectivity index (χ0n) is 10.6. The zero-order valence-corrected chi connectivity index (χ0v) is 11.4. The van der Waals surface area contributed by atoms with Crippen molar-refractivity contribution in [3.8, 4) is 5.75 Å². The fourth-order valence-electron chi connectivity index (χ4n) is 2.57. The summed E-state index contributed by atoms with van der Waals surface area (Å²) in [5, 5.41) is 13.8. The first-order valence-electron chi connectivity index (χ1n) is 6.55. The molecule has 0 radical (unpaired) electrons. The Hall–Kier alpha value is -1.67. The highest BCUT2D eigenvalue weighted by Crippen LogP contribution is 2.26. The number of benzene rings is 2. The summed E-state index contributed by atoms with van der Waals surface area (Å²) in [7, 11) is 0. The van der Waals surface area contributed by atoms with Gasteiger partial charge >= 0.3 is 0 Å². The van der Waals surface area contributed by atoms with Gasteiger partial charge in [0.25, 0.3) is 0 Å². The molecule has 0 fully saturated rings. The smallest absolute Gasteiger partial charge is 0.120 e. The van der Waals surface area contributed by atoms with E-state index in [2.05, 4.69) is 23.5 Å². The predicted octanol–water partition coefficient (Wildman–Crippen LogP) is 4.15. The number of aryl methyl sites for hydroxylation is 2. The summed E-state index contributed by atoms with van der Waals surface area (Å²) in [5.74, 6) is 0.276. The van der Waals surface area contributed by atoms with Gasteiger partial charge in [0.15, 0.2) is 0 Å². The lowest BCUT2D eigenvalue weighted by Gasteiger charge is -2.10. The second-order valence-corrected chi connectivity index (χ2v) is 5.40. The van der Waals surface area contributed by atoms with Crippen molar-refractivity contribution in [3.05, 3.63) is 58.1 Å². The molecule has 0 aliphatic heterocycles. The van der Waals surface area contributed by atoms with Crippen molar-refractivity contribution in [2.24, 2.45) is 0 Å². The van der Waals surface area contributed by atoms with Crippen LogP contribution in [0.4, 0.5) is 5.69 Å². The SMILES string of the molecule is Oc1ccc(Cl)cc1CNc1ccc2c(c1)CCC2. The molecular weight excluding hydrogens is 258 g/mol. The number of rotatable bonds is 3. The van der Waals surface area contributed by atoms with Crippen LogP contribution in [0.1, 0.15) is 23.1 Å². The molecule has 1 aliphatic carbocycles. The summed E-state index contributed by atoms with van der Waals surface area (Å²) < 4.78 is 0. The first-order valence-corrected chi connectivity index (χ1v) is 6.93. The van der Waals surface area contributed by atoms with E-state index in [0.717, 1.165) is 11.3 Å². The van der Waals surface area contributed by atoms with Gasteiger partial charge in [-0.2, -0.15) is 0 Å². The van der Waals surface area contributed by atoms with Gasteiger partial charge in [0, 0.05) is 22.8 Å². The molecule has 0 saturated carbocycles. The van der Waals surface area contributed by atoms with Gasteiger partial charge < -0.3 is 10.4 Å². The van der Waals surface area contributed by atoms with Gasteiger partial charge in [-0.3, -0.25) is 0 Å². The molecule has 0 unspecified atom stereocenters. The van der Waals surface area contributed by atoms with E-state index in [-0.39, 0.29) is 5.75 Å². The average molecular weight is 274 g/mol. The third kappa shape index (κ3) is 2.69. The largest absolute Gasteiger partial charge is 0.508 e. The molecule has 2 aromatic rings. The van der Waals surface area contributed by atoms with Crippen LogP contribution < -0.4 is 5.32 Å². The summed E-state index contributed by atoms with van der Waals surface area (Å²) in [5.41, 5.74) is 4.82. The Kier molecular flexibility index (Phi) is 3.34. The number of hydrogen-bond donors (Lipinski definition) is 2. The lowest BCUT2D eigenvalue weighted by Crippen LogP contribution is -2.00. The Labute approximate surface area is 118 Å². The van der Waals surface area contributed by atoms with E-state index >= 15 is 0 Å². The molecular formula is C16H16ClNO. The number of aromatic hydroxyl groups is 1. The van der Waals surface area contributed by atoms with E-state index in [1.54, 1.807) is 18.2 Å². The van der Waals surface area contributed by atoms with Crippen molar-refractivity contribution in [3.63, 3.8) is 0 Å². The molecule has 0 bridgehead atoms. The highest BCUT2D eigenvalue weighted by molar-refractivity contribution is 6.30.